The van der Waals surface area contributed by atoms with Crippen LogP contribution in [0.2, 0.25) is 0 Å². The molecule has 0 aliphatic carbocycles. The van der Waals surface area contributed by atoms with E-state index in [9.17, 15) is 27.9 Å². The van der Waals surface area contributed by atoms with Gasteiger partial charge in [-0.15, -0.1) is 0 Å². The Morgan fingerprint density at radius 1 is 1.19 bits per heavy atom. The molecule has 10 heteroatoms. The summed E-state index contributed by atoms with van der Waals surface area (Å²) in [5, 5.41) is 9.85. The van der Waals surface area contributed by atoms with Crippen molar-refractivity contribution in [3.63, 3.8) is 0 Å². The van der Waals surface area contributed by atoms with Crippen LogP contribution < -0.4 is 16.1 Å². The van der Waals surface area contributed by atoms with Gasteiger partial charge in [-0.1, -0.05) is 13.3 Å². The van der Waals surface area contributed by atoms with E-state index in [1.165, 1.54) is 21.3 Å². The molecule has 0 radical (unpaired) electrons. The Morgan fingerprint density at radius 2 is 1.91 bits per heavy atom. The van der Waals surface area contributed by atoms with Gasteiger partial charge in [-0.2, -0.15) is 13.2 Å². The topological polar surface area (TPSA) is 86.6 Å². The second-order valence-corrected chi connectivity index (χ2v) is 7.60. The average Bonchev–Trinajstić information content (AvgIpc) is 2.91. The smallest absolute Gasteiger partial charge is 0.417 e. The molecule has 3 rings (SSSR count). The van der Waals surface area contributed by atoms with Gasteiger partial charge in [0.15, 0.2) is 0 Å². The Hall–Kier alpha value is -3.17. The third kappa shape index (κ3) is 4.53. The molecular formula is C22H25F3N2O5. The molecule has 0 spiro atoms. The zero-order valence-electron chi connectivity index (χ0n) is 18.1. The van der Waals surface area contributed by atoms with Crippen molar-refractivity contribution in [3.8, 4) is 11.6 Å². The fraction of sp³-hybridized carbons (Fsp3) is 0.455. The van der Waals surface area contributed by atoms with Crippen molar-refractivity contribution in [1.82, 2.24) is 9.13 Å². The van der Waals surface area contributed by atoms with E-state index in [0.717, 1.165) is 0 Å². The Morgan fingerprint density at radius 3 is 2.50 bits per heavy atom. The maximum absolute atomic E-state index is 13.4. The number of benzene rings is 1. The molecule has 174 valence electrons. The molecule has 0 saturated carbocycles. The van der Waals surface area contributed by atoms with E-state index >= 15 is 0 Å². The summed E-state index contributed by atoms with van der Waals surface area (Å²) in [4.78, 5) is 23.9. The first kappa shape index (κ1) is 23.5. The van der Waals surface area contributed by atoms with Crippen molar-refractivity contribution in [2.75, 3.05) is 6.61 Å². The van der Waals surface area contributed by atoms with E-state index in [4.69, 9.17) is 9.15 Å². The van der Waals surface area contributed by atoms with Crippen LogP contribution in [0.4, 0.5) is 13.2 Å². The molecule has 2 heterocycles. The molecule has 1 aromatic carbocycles. The van der Waals surface area contributed by atoms with Crippen LogP contribution in [0.5, 0.6) is 11.6 Å². The first-order valence-electron chi connectivity index (χ1n) is 10.3. The van der Waals surface area contributed by atoms with Crippen LogP contribution in [-0.2, 0) is 26.2 Å². The Labute approximate surface area is 181 Å². The summed E-state index contributed by atoms with van der Waals surface area (Å²) in [7, 11) is 1.58. The zero-order chi connectivity index (χ0) is 23.6. The number of alkyl halides is 3. The van der Waals surface area contributed by atoms with Gasteiger partial charge < -0.3 is 14.3 Å². The van der Waals surface area contributed by atoms with E-state index in [0.29, 0.717) is 55.3 Å². The van der Waals surface area contributed by atoms with Gasteiger partial charge in [0.1, 0.15) is 11.3 Å². The Bertz CT molecular complexity index is 1240. The van der Waals surface area contributed by atoms with Gasteiger partial charge in [0, 0.05) is 30.6 Å². The number of rotatable bonds is 8. The fourth-order valence-corrected chi connectivity index (χ4v) is 3.64. The van der Waals surface area contributed by atoms with Gasteiger partial charge in [0.2, 0.25) is 5.88 Å². The average molecular weight is 454 g/mol. The van der Waals surface area contributed by atoms with E-state index in [1.807, 2.05) is 6.92 Å². The van der Waals surface area contributed by atoms with E-state index < -0.39 is 17.4 Å². The number of unbranched alkanes of at least 4 members (excludes halogenated alkanes) is 1. The minimum absolute atomic E-state index is 0.0753. The van der Waals surface area contributed by atoms with Gasteiger partial charge in [-0.3, -0.25) is 9.13 Å². The van der Waals surface area contributed by atoms with E-state index in [1.54, 1.807) is 14.0 Å². The monoisotopic (exact) mass is 454 g/mol. The highest BCUT2D eigenvalue weighted by Gasteiger charge is 2.34. The largest absolute Gasteiger partial charge is 0.493 e. The maximum Gasteiger partial charge on any atom is 0.417 e. The summed E-state index contributed by atoms with van der Waals surface area (Å²) in [6.45, 7) is 4.06. The van der Waals surface area contributed by atoms with Crippen LogP contribution >= 0.6 is 0 Å². The normalized spacial score (nSPS) is 11.9. The number of halogens is 3. The molecule has 3 aromatic rings. The summed E-state index contributed by atoms with van der Waals surface area (Å²) < 4.78 is 53.7. The standard InChI is InChI=1S/C22H25F3N2O5/c1-4-7-15-17(9-8-14-16(22(23,24)25)12-18(28)32-19(14)15)31-11-6-5-10-27-20(29)13(2)26(3)21(27)30/h8-9,12,29H,4-7,10-11H2,1-3H3. The molecule has 0 aliphatic heterocycles. The fourth-order valence-electron chi connectivity index (χ4n) is 3.64. The lowest BCUT2D eigenvalue weighted by atomic mass is 10.0. The van der Waals surface area contributed by atoms with Gasteiger partial charge in [-0.25, -0.2) is 9.59 Å². The number of nitrogens with zero attached hydrogens (tertiary/aromatic N) is 2. The van der Waals surface area contributed by atoms with Crippen molar-refractivity contribution >= 4 is 11.0 Å². The van der Waals surface area contributed by atoms with Crippen LogP contribution in [-0.4, -0.2) is 20.8 Å². The molecule has 1 N–H and O–H groups in total. The summed E-state index contributed by atoms with van der Waals surface area (Å²) in [6, 6.07) is 3.17. The number of aromatic nitrogens is 2. The first-order chi connectivity index (χ1) is 15.1. The molecule has 0 unspecified atom stereocenters. The number of fused-ring (bicyclic) bond motifs is 1. The molecular weight excluding hydrogens is 429 g/mol. The third-order valence-corrected chi connectivity index (χ3v) is 5.41. The summed E-state index contributed by atoms with van der Waals surface area (Å²) in [5.74, 6) is 0.283. The second kappa shape index (κ2) is 9.13. The number of aromatic hydroxyl groups is 1. The van der Waals surface area contributed by atoms with Crippen LogP contribution in [0.3, 0.4) is 0 Å². The molecule has 0 saturated heterocycles. The number of aryl methyl sites for hydroxylation is 1. The zero-order valence-corrected chi connectivity index (χ0v) is 18.1. The highest BCUT2D eigenvalue weighted by molar-refractivity contribution is 5.85. The Kier molecular flexibility index (Phi) is 6.71. The molecule has 2 aromatic heterocycles. The highest BCUT2D eigenvalue weighted by Crippen LogP contribution is 2.37. The number of ether oxygens (including phenoxy) is 1. The highest BCUT2D eigenvalue weighted by atomic mass is 19.4. The van der Waals surface area contributed by atoms with Crippen molar-refractivity contribution in [2.24, 2.45) is 7.05 Å². The predicted octanol–water partition coefficient (Wildman–Crippen LogP) is 4.14. The summed E-state index contributed by atoms with van der Waals surface area (Å²) in [5.41, 5.74) is -1.62. The molecule has 32 heavy (non-hydrogen) atoms. The van der Waals surface area contributed by atoms with Gasteiger partial charge in [0.25, 0.3) is 0 Å². The summed E-state index contributed by atoms with van der Waals surface area (Å²) >= 11 is 0. The van der Waals surface area contributed by atoms with Crippen LogP contribution in [0.15, 0.2) is 32.2 Å². The van der Waals surface area contributed by atoms with E-state index in [-0.39, 0.29) is 29.1 Å². The van der Waals surface area contributed by atoms with Crippen molar-refractivity contribution in [2.45, 2.75) is 52.3 Å². The van der Waals surface area contributed by atoms with Gasteiger partial charge in [0.05, 0.1) is 17.9 Å². The van der Waals surface area contributed by atoms with Crippen molar-refractivity contribution in [1.29, 1.82) is 0 Å². The molecule has 0 atom stereocenters. The SMILES string of the molecule is CCCc1c(OCCCCn2c(O)c(C)n(C)c2=O)ccc2c(C(F)(F)F)cc(=O)oc12. The number of imidazole rings is 1. The molecule has 0 fully saturated rings. The maximum atomic E-state index is 13.4. The number of hydrogen-bond acceptors (Lipinski definition) is 5. The quantitative estimate of drug-likeness (QED) is 0.408. The van der Waals surface area contributed by atoms with Crippen molar-refractivity contribution in [3.05, 3.63) is 55.9 Å². The minimum Gasteiger partial charge on any atom is -0.493 e. The lowest BCUT2D eigenvalue weighted by Gasteiger charge is -2.15. The lowest BCUT2D eigenvalue weighted by molar-refractivity contribution is -0.136. The van der Waals surface area contributed by atoms with Crippen LogP contribution in [0.1, 0.15) is 43.0 Å². The molecule has 0 bridgehead atoms. The van der Waals surface area contributed by atoms with Crippen LogP contribution in [0, 0.1) is 6.92 Å². The van der Waals surface area contributed by atoms with Crippen molar-refractivity contribution < 1.29 is 27.4 Å². The second-order valence-electron chi connectivity index (χ2n) is 7.60. The van der Waals surface area contributed by atoms with E-state index in [2.05, 4.69) is 0 Å². The lowest BCUT2D eigenvalue weighted by Crippen LogP contribution is -2.22. The number of hydrogen-bond donors (Lipinski definition) is 1. The van der Waals surface area contributed by atoms with Gasteiger partial charge in [-0.05, 0) is 38.3 Å². The summed E-state index contributed by atoms with van der Waals surface area (Å²) in [6.07, 6.45) is -2.61. The molecule has 0 aliphatic rings. The molecule has 7 nitrogen and oxygen atoms in total. The predicted molar refractivity (Wildman–Crippen MR) is 112 cm³/mol. The first-order valence-corrected chi connectivity index (χ1v) is 10.3. The van der Waals surface area contributed by atoms with Gasteiger partial charge >= 0.3 is 17.5 Å². The minimum atomic E-state index is -4.68. The Balaban J connectivity index is 1.78. The molecule has 0 amide bonds. The van der Waals surface area contributed by atoms with Crippen LogP contribution in [0.25, 0.3) is 11.0 Å². The third-order valence-electron chi connectivity index (χ3n) is 5.41.